The van der Waals surface area contributed by atoms with Gasteiger partial charge in [0, 0.05) is 22.8 Å². The van der Waals surface area contributed by atoms with Crippen LogP contribution in [0.2, 0.25) is 5.02 Å². The van der Waals surface area contributed by atoms with Crippen LogP contribution >= 0.6 is 11.6 Å². The SMILES string of the molecule is Cc1cc(Cl)c2c(n1)NCC2. The zero-order valence-electron chi connectivity index (χ0n) is 6.32. The van der Waals surface area contributed by atoms with Crippen LogP contribution in [0.15, 0.2) is 6.07 Å². The molecule has 2 rings (SSSR count). The molecule has 0 saturated carbocycles. The molecule has 1 aliphatic heterocycles. The molecule has 0 amide bonds. The minimum atomic E-state index is 0.845. The van der Waals surface area contributed by atoms with Crippen LogP contribution in [0.1, 0.15) is 11.3 Å². The summed E-state index contributed by atoms with van der Waals surface area (Å²) in [7, 11) is 0. The third kappa shape index (κ3) is 1.07. The molecule has 2 heterocycles. The first-order chi connectivity index (χ1) is 5.27. The third-order valence-electron chi connectivity index (χ3n) is 1.87. The van der Waals surface area contributed by atoms with Gasteiger partial charge in [-0.25, -0.2) is 4.98 Å². The van der Waals surface area contributed by atoms with Crippen LogP contribution in [0.4, 0.5) is 5.82 Å². The Morgan fingerprint density at radius 1 is 1.64 bits per heavy atom. The van der Waals surface area contributed by atoms with Crippen molar-refractivity contribution in [1.29, 1.82) is 0 Å². The maximum absolute atomic E-state index is 5.99. The zero-order chi connectivity index (χ0) is 7.84. The van der Waals surface area contributed by atoms with Gasteiger partial charge in [0.05, 0.1) is 0 Å². The lowest BCUT2D eigenvalue weighted by atomic mass is 10.2. The summed E-state index contributed by atoms with van der Waals surface area (Å²) in [6, 6.07) is 1.91. The molecule has 1 aromatic heterocycles. The first kappa shape index (κ1) is 6.92. The number of pyridine rings is 1. The number of halogens is 1. The number of fused-ring (bicyclic) bond motifs is 1. The predicted molar refractivity (Wildman–Crippen MR) is 46.2 cm³/mol. The second-order valence-electron chi connectivity index (χ2n) is 2.75. The molecule has 1 aliphatic rings. The van der Waals surface area contributed by atoms with Gasteiger partial charge in [-0.1, -0.05) is 11.6 Å². The fraction of sp³-hybridized carbons (Fsp3) is 0.375. The van der Waals surface area contributed by atoms with Gasteiger partial charge in [0.2, 0.25) is 0 Å². The van der Waals surface area contributed by atoms with Crippen molar-refractivity contribution in [2.75, 3.05) is 11.9 Å². The summed E-state index contributed by atoms with van der Waals surface area (Å²) in [4.78, 5) is 4.32. The Balaban J connectivity index is 2.60. The molecule has 0 radical (unpaired) electrons. The smallest absolute Gasteiger partial charge is 0.131 e. The van der Waals surface area contributed by atoms with Crippen LogP contribution in [0.5, 0.6) is 0 Å². The van der Waals surface area contributed by atoms with Crippen LogP contribution < -0.4 is 5.32 Å². The number of aryl methyl sites for hydroxylation is 1. The Morgan fingerprint density at radius 2 is 2.45 bits per heavy atom. The van der Waals surface area contributed by atoms with Gasteiger partial charge in [-0.15, -0.1) is 0 Å². The van der Waals surface area contributed by atoms with E-state index in [0.29, 0.717) is 0 Å². The van der Waals surface area contributed by atoms with E-state index in [0.717, 1.165) is 35.1 Å². The lowest BCUT2D eigenvalue weighted by Gasteiger charge is -2.01. The van der Waals surface area contributed by atoms with Gasteiger partial charge in [0.15, 0.2) is 0 Å². The highest BCUT2D eigenvalue weighted by Crippen LogP contribution is 2.27. The molecule has 0 saturated heterocycles. The van der Waals surface area contributed by atoms with Crippen molar-refractivity contribution in [2.45, 2.75) is 13.3 Å². The monoisotopic (exact) mass is 168 g/mol. The predicted octanol–water partition coefficient (Wildman–Crippen LogP) is 2.01. The molecule has 0 aliphatic carbocycles. The Morgan fingerprint density at radius 3 is 3.27 bits per heavy atom. The van der Waals surface area contributed by atoms with Crippen molar-refractivity contribution >= 4 is 17.4 Å². The highest BCUT2D eigenvalue weighted by Gasteiger charge is 2.14. The quantitative estimate of drug-likeness (QED) is 0.641. The first-order valence-electron chi connectivity index (χ1n) is 3.67. The Hall–Kier alpha value is -0.760. The number of anilines is 1. The number of nitrogens with one attached hydrogen (secondary N) is 1. The summed E-state index contributed by atoms with van der Waals surface area (Å²) in [5.41, 5.74) is 2.14. The number of aromatic nitrogens is 1. The van der Waals surface area contributed by atoms with Crippen molar-refractivity contribution in [1.82, 2.24) is 4.98 Å². The van der Waals surface area contributed by atoms with Crippen LogP contribution in [-0.4, -0.2) is 11.5 Å². The average Bonchev–Trinajstić information content (AvgIpc) is 2.34. The molecular weight excluding hydrogens is 160 g/mol. The van der Waals surface area contributed by atoms with Gasteiger partial charge in [0.1, 0.15) is 5.82 Å². The lowest BCUT2D eigenvalue weighted by Crippen LogP contribution is -1.93. The molecule has 1 aromatic rings. The molecule has 0 aromatic carbocycles. The maximum atomic E-state index is 5.99. The molecule has 0 unspecified atom stereocenters. The van der Waals surface area contributed by atoms with E-state index in [-0.39, 0.29) is 0 Å². The normalized spacial score (nSPS) is 14.4. The van der Waals surface area contributed by atoms with Crippen LogP contribution in [0.3, 0.4) is 0 Å². The largest absolute Gasteiger partial charge is 0.369 e. The van der Waals surface area contributed by atoms with Crippen molar-refractivity contribution in [3.05, 3.63) is 22.3 Å². The van der Waals surface area contributed by atoms with E-state index in [2.05, 4.69) is 10.3 Å². The Kier molecular flexibility index (Phi) is 1.50. The Labute approximate surface area is 70.6 Å². The van der Waals surface area contributed by atoms with Gasteiger partial charge in [-0.2, -0.15) is 0 Å². The van der Waals surface area contributed by atoms with E-state index in [9.17, 15) is 0 Å². The molecule has 0 fully saturated rings. The second kappa shape index (κ2) is 2.38. The molecule has 2 nitrogen and oxygen atoms in total. The van der Waals surface area contributed by atoms with E-state index in [1.54, 1.807) is 0 Å². The van der Waals surface area contributed by atoms with Gasteiger partial charge < -0.3 is 5.32 Å². The van der Waals surface area contributed by atoms with Crippen molar-refractivity contribution in [3.8, 4) is 0 Å². The van der Waals surface area contributed by atoms with E-state index < -0.39 is 0 Å². The van der Waals surface area contributed by atoms with Gasteiger partial charge in [-0.05, 0) is 19.4 Å². The fourth-order valence-electron chi connectivity index (χ4n) is 1.35. The maximum Gasteiger partial charge on any atom is 0.131 e. The van der Waals surface area contributed by atoms with Gasteiger partial charge >= 0.3 is 0 Å². The highest BCUT2D eigenvalue weighted by atomic mass is 35.5. The first-order valence-corrected chi connectivity index (χ1v) is 4.05. The van der Waals surface area contributed by atoms with E-state index >= 15 is 0 Å². The lowest BCUT2D eigenvalue weighted by molar-refractivity contribution is 1.11. The van der Waals surface area contributed by atoms with Crippen molar-refractivity contribution < 1.29 is 0 Å². The average molecular weight is 169 g/mol. The Bertz CT molecular complexity index is 296. The van der Waals surface area contributed by atoms with Crippen LogP contribution in [-0.2, 0) is 6.42 Å². The molecular formula is C8H9ClN2. The number of rotatable bonds is 0. The minimum absolute atomic E-state index is 0.845. The highest BCUT2D eigenvalue weighted by molar-refractivity contribution is 6.31. The van der Waals surface area contributed by atoms with Crippen LogP contribution in [0, 0.1) is 6.92 Å². The molecule has 1 N–H and O–H groups in total. The fourth-order valence-corrected chi connectivity index (χ4v) is 1.69. The molecule has 11 heavy (non-hydrogen) atoms. The summed E-state index contributed by atoms with van der Waals surface area (Å²) in [6.45, 7) is 2.91. The molecule has 58 valence electrons. The minimum Gasteiger partial charge on any atom is -0.369 e. The number of hydrogen-bond acceptors (Lipinski definition) is 2. The summed E-state index contributed by atoms with van der Waals surface area (Å²) in [6.07, 6.45) is 1.00. The topological polar surface area (TPSA) is 24.9 Å². The standard InChI is InChI=1S/C8H9ClN2/c1-5-4-7(9)6-2-3-10-8(6)11-5/h4H,2-3H2,1H3,(H,10,11). The van der Waals surface area contributed by atoms with Crippen molar-refractivity contribution in [2.24, 2.45) is 0 Å². The summed E-state index contributed by atoms with van der Waals surface area (Å²) in [5, 5.41) is 4.03. The van der Waals surface area contributed by atoms with E-state index in [1.165, 1.54) is 0 Å². The van der Waals surface area contributed by atoms with E-state index in [1.807, 2.05) is 13.0 Å². The summed E-state index contributed by atoms with van der Waals surface area (Å²) >= 11 is 5.99. The second-order valence-corrected chi connectivity index (χ2v) is 3.16. The number of hydrogen-bond donors (Lipinski definition) is 1. The molecule has 0 spiro atoms. The van der Waals surface area contributed by atoms with Gasteiger partial charge in [-0.3, -0.25) is 0 Å². The van der Waals surface area contributed by atoms with Crippen LogP contribution in [0.25, 0.3) is 0 Å². The summed E-state index contributed by atoms with van der Waals surface area (Å²) in [5.74, 6) is 0.968. The summed E-state index contributed by atoms with van der Waals surface area (Å²) < 4.78 is 0. The molecule has 0 bridgehead atoms. The third-order valence-corrected chi connectivity index (χ3v) is 2.20. The zero-order valence-corrected chi connectivity index (χ0v) is 7.07. The van der Waals surface area contributed by atoms with Gasteiger partial charge in [0.25, 0.3) is 0 Å². The molecule has 3 heteroatoms. The van der Waals surface area contributed by atoms with Crippen molar-refractivity contribution in [3.63, 3.8) is 0 Å². The molecule has 0 atom stereocenters. The van der Waals surface area contributed by atoms with E-state index in [4.69, 9.17) is 11.6 Å². The number of nitrogens with zero attached hydrogens (tertiary/aromatic N) is 1.